The third kappa shape index (κ3) is 6.16. The summed E-state index contributed by atoms with van der Waals surface area (Å²) in [5.41, 5.74) is 13.5. The van der Waals surface area contributed by atoms with Gasteiger partial charge in [0.1, 0.15) is 11.2 Å². The first-order chi connectivity index (χ1) is 27.2. The van der Waals surface area contributed by atoms with E-state index in [-0.39, 0.29) is 0 Å². The maximum atomic E-state index is 6.52. The van der Waals surface area contributed by atoms with E-state index in [1.807, 2.05) is 48.5 Å². The summed E-state index contributed by atoms with van der Waals surface area (Å²) in [5.74, 6) is 1.81. The summed E-state index contributed by atoms with van der Waals surface area (Å²) in [6, 6.07) is 69.4. The molecule has 4 heteroatoms. The number of rotatable bonds is 7. The Balaban J connectivity index is 1.16. The molecule has 2 heterocycles. The van der Waals surface area contributed by atoms with E-state index in [1.165, 1.54) is 16.7 Å². The lowest BCUT2D eigenvalue weighted by Crippen LogP contribution is -2.00. The molecule has 4 nitrogen and oxygen atoms in total. The van der Waals surface area contributed by atoms with E-state index < -0.39 is 0 Å². The molecule has 2 aromatic heterocycles. The van der Waals surface area contributed by atoms with Crippen LogP contribution >= 0.6 is 0 Å². The summed E-state index contributed by atoms with van der Waals surface area (Å²) >= 11 is 0. The lowest BCUT2D eigenvalue weighted by molar-refractivity contribution is 0.669. The van der Waals surface area contributed by atoms with Gasteiger partial charge in [0.25, 0.3) is 0 Å². The molecular formula is C51H33N3O. The molecule has 8 aromatic carbocycles. The van der Waals surface area contributed by atoms with E-state index in [0.29, 0.717) is 17.5 Å². The minimum absolute atomic E-state index is 0.588. The Morgan fingerprint density at radius 2 is 0.800 bits per heavy atom. The molecule has 0 N–H and O–H groups in total. The normalized spacial score (nSPS) is 11.3. The van der Waals surface area contributed by atoms with Crippen molar-refractivity contribution in [2.24, 2.45) is 0 Å². The highest BCUT2D eigenvalue weighted by Crippen LogP contribution is 2.41. The minimum atomic E-state index is 0.588. The number of nitrogens with zero attached hydrogens (tertiary/aromatic N) is 3. The molecule has 55 heavy (non-hydrogen) atoms. The first-order valence-electron chi connectivity index (χ1n) is 18.4. The zero-order valence-corrected chi connectivity index (χ0v) is 29.8. The number of hydrogen-bond acceptors (Lipinski definition) is 4. The third-order valence-electron chi connectivity index (χ3n) is 10.2. The van der Waals surface area contributed by atoms with Crippen molar-refractivity contribution >= 4 is 21.9 Å². The molecule has 0 bridgehead atoms. The van der Waals surface area contributed by atoms with Gasteiger partial charge in [-0.1, -0.05) is 170 Å². The van der Waals surface area contributed by atoms with Crippen LogP contribution in [0.25, 0.3) is 101 Å². The fourth-order valence-corrected chi connectivity index (χ4v) is 7.45. The fourth-order valence-electron chi connectivity index (χ4n) is 7.45. The molecule has 0 aliphatic rings. The molecule has 0 saturated heterocycles. The van der Waals surface area contributed by atoms with Gasteiger partial charge in [-0.3, -0.25) is 0 Å². The van der Waals surface area contributed by atoms with Crippen molar-refractivity contribution in [3.05, 3.63) is 200 Å². The standard InChI is InChI=1S/C51H33N3O/c1-5-15-34(16-6-1)38-23-13-24-41(31-38)50-52-49(37-21-11-4-12-22-37)53-51(54-50)43-25-14-26-47-48(43)45-33-40(28-30-46(45)55-47)42-29-27-39(35-17-7-2-8-18-35)32-44(42)36-19-9-3-10-20-36/h1-33H. The Labute approximate surface area is 319 Å². The van der Waals surface area contributed by atoms with Gasteiger partial charge in [0.15, 0.2) is 17.5 Å². The van der Waals surface area contributed by atoms with Gasteiger partial charge in [-0.05, 0) is 74.8 Å². The zero-order valence-electron chi connectivity index (χ0n) is 29.8. The summed E-state index contributed by atoms with van der Waals surface area (Å²) in [6.07, 6.45) is 0. The molecule has 0 aliphatic heterocycles. The minimum Gasteiger partial charge on any atom is -0.456 e. The van der Waals surface area contributed by atoms with Crippen LogP contribution < -0.4 is 0 Å². The lowest BCUT2D eigenvalue weighted by atomic mass is 9.90. The van der Waals surface area contributed by atoms with Crippen molar-refractivity contribution < 1.29 is 4.42 Å². The second-order valence-electron chi connectivity index (χ2n) is 13.6. The van der Waals surface area contributed by atoms with Crippen LogP contribution in [0.2, 0.25) is 0 Å². The quantitative estimate of drug-likeness (QED) is 0.166. The van der Waals surface area contributed by atoms with Gasteiger partial charge >= 0.3 is 0 Å². The fraction of sp³-hybridized carbons (Fsp3) is 0. The van der Waals surface area contributed by atoms with Gasteiger partial charge in [-0.25, -0.2) is 15.0 Å². The summed E-state index contributed by atoms with van der Waals surface area (Å²) < 4.78 is 6.52. The Bertz CT molecular complexity index is 2960. The van der Waals surface area contributed by atoms with E-state index in [0.717, 1.165) is 66.4 Å². The highest BCUT2D eigenvalue weighted by molar-refractivity contribution is 6.13. The molecule has 0 unspecified atom stereocenters. The molecule has 258 valence electrons. The topological polar surface area (TPSA) is 51.8 Å². The zero-order chi connectivity index (χ0) is 36.6. The van der Waals surface area contributed by atoms with E-state index >= 15 is 0 Å². The van der Waals surface area contributed by atoms with Gasteiger partial charge in [0.05, 0.1) is 0 Å². The molecule has 0 amide bonds. The number of hydrogen-bond donors (Lipinski definition) is 0. The van der Waals surface area contributed by atoms with Crippen LogP contribution in [0.3, 0.4) is 0 Å². The van der Waals surface area contributed by atoms with Crippen molar-refractivity contribution in [3.8, 4) is 78.7 Å². The monoisotopic (exact) mass is 703 g/mol. The van der Waals surface area contributed by atoms with Crippen molar-refractivity contribution in [2.45, 2.75) is 0 Å². The molecule has 0 spiro atoms. The maximum absolute atomic E-state index is 6.52. The summed E-state index contributed by atoms with van der Waals surface area (Å²) in [7, 11) is 0. The second-order valence-corrected chi connectivity index (χ2v) is 13.6. The van der Waals surface area contributed by atoms with Crippen LogP contribution in [-0.4, -0.2) is 15.0 Å². The molecule has 0 saturated carbocycles. The molecule has 0 radical (unpaired) electrons. The summed E-state index contributed by atoms with van der Waals surface area (Å²) in [4.78, 5) is 15.3. The van der Waals surface area contributed by atoms with Gasteiger partial charge in [0, 0.05) is 27.5 Å². The number of fused-ring (bicyclic) bond motifs is 3. The summed E-state index contributed by atoms with van der Waals surface area (Å²) in [6.45, 7) is 0. The van der Waals surface area contributed by atoms with E-state index in [9.17, 15) is 0 Å². The molecule has 10 aromatic rings. The molecule has 0 atom stereocenters. The molecule has 0 fully saturated rings. The lowest BCUT2D eigenvalue weighted by Gasteiger charge is -2.13. The largest absolute Gasteiger partial charge is 0.456 e. The first-order valence-corrected chi connectivity index (χ1v) is 18.4. The van der Waals surface area contributed by atoms with Crippen LogP contribution in [0.4, 0.5) is 0 Å². The van der Waals surface area contributed by atoms with Crippen LogP contribution in [-0.2, 0) is 0 Å². The van der Waals surface area contributed by atoms with Crippen molar-refractivity contribution in [2.75, 3.05) is 0 Å². The number of furan rings is 1. The summed E-state index contributed by atoms with van der Waals surface area (Å²) in [5, 5.41) is 1.97. The highest BCUT2D eigenvalue weighted by Gasteiger charge is 2.19. The SMILES string of the molecule is c1ccc(-c2cccc(-c3nc(-c4ccccc4)nc(-c4cccc5oc6ccc(-c7ccc(-c8ccccc8)cc7-c7ccccc7)cc6c45)n3)c2)cc1. The first kappa shape index (κ1) is 32.2. The maximum Gasteiger partial charge on any atom is 0.164 e. The Hall–Kier alpha value is -7.43. The van der Waals surface area contributed by atoms with E-state index in [1.54, 1.807) is 0 Å². The van der Waals surface area contributed by atoms with Crippen LogP contribution in [0.1, 0.15) is 0 Å². The predicted octanol–water partition coefficient (Wildman–Crippen LogP) is 13.4. The van der Waals surface area contributed by atoms with Crippen LogP contribution in [0, 0.1) is 0 Å². The van der Waals surface area contributed by atoms with Gasteiger partial charge < -0.3 is 4.42 Å². The van der Waals surface area contributed by atoms with Gasteiger partial charge in [0.2, 0.25) is 0 Å². The Morgan fingerprint density at radius 1 is 0.273 bits per heavy atom. The second kappa shape index (κ2) is 13.8. The molecular weight excluding hydrogens is 671 g/mol. The smallest absolute Gasteiger partial charge is 0.164 e. The van der Waals surface area contributed by atoms with Crippen molar-refractivity contribution in [3.63, 3.8) is 0 Å². The average Bonchev–Trinajstić information content (AvgIpc) is 3.66. The Morgan fingerprint density at radius 3 is 1.49 bits per heavy atom. The van der Waals surface area contributed by atoms with E-state index in [2.05, 4.69) is 152 Å². The van der Waals surface area contributed by atoms with Crippen molar-refractivity contribution in [1.29, 1.82) is 0 Å². The van der Waals surface area contributed by atoms with E-state index in [4.69, 9.17) is 19.4 Å². The van der Waals surface area contributed by atoms with Crippen molar-refractivity contribution in [1.82, 2.24) is 15.0 Å². The van der Waals surface area contributed by atoms with Crippen LogP contribution in [0.15, 0.2) is 205 Å². The Kier molecular flexibility index (Phi) is 8.12. The van der Waals surface area contributed by atoms with Gasteiger partial charge in [-0.15, -0.1) is 0 Å². The number of aromatic nitrogens is 3. The van der Waals surface area contributed by atoms with Gasteiger partial charge in [-0.2, -0.15) is 0 Å². The average molecular weight is 704 g/mol. The highest BCUT2D eigenvalue weighted by atomic mass is 16.3. The van der Waals surface area contributed by atoms with Crippen LogP contribution in [0.5, 0.6) is 0 Å². The predicted molar refractivity (Wildman–Crippen MR) is 225 cm³/mol. The molecule has 10 rings (SSSR count). The third-order valence-corrected chi connectivity index (χ3v) is 10.2. The number of benzene rings is 8. The molecule has 0 aliphatic carbocycles.